The quantitative estimate of drug-likeness (QED) is 0.488. The first-order valence-corrected chi connectivity index (χ1v) is 10.2. The average Bonchev–Trinajstić information content (AvgIpc) is 2.75. The third-order valence-corrected chi connectivity index (χ3v) is 4.14. The molecule has 0 bridgehead atoms. The fourth-order valence-electron chi connectivity index (χ4n) is 2.60. The predicted octanol–water partition coefficient (Wildman–Crippen LogP) is 2.57. The Hall–Kier alpha value is -3.95. The van der Waals surface area contributed by atoms with Crippen LogP contribution in [0.15, 0.2) is 42.6 Å². The maximum absolute atomic E-state index is 12.6. The Morgan fingerprint density at radius 2 is 1.67 bits per heavy atom. The van der Waals surface area contributed by atoms with Gasteiger partial charge in [0.25, 0.3) is 5.91 Å². The number of pyridine rings is 1. The largest absolute Gasteiger partial charge is 0.482 e. The van der Waals surface area contributed by atoms with E-state index in [4.69, 9.17) is 14.6 Å². The van der Waals surface area contributed by atoms with Gasteiger partial charge in [-0.05, 0) is 64.1 Å². The van der Waals surface area contributed by atoms with Crippen LogP contribution in [-0.4, -0.2) is 52.1 Å². The molecular formula is C23H27N3O7. The normalized spacial score (nSPS) is 11.8. The standard InChI is InChI=1S/C23H27N3O7/c1-14(20(29)15-6-9-18(10-7-15)32-13-19(27)28)26-21(30)16-5-8-17(24-11-16)12-25-22(31)33-23(2,3)4/h5-11,14H,12-13H2,1-4H3,(H,25,31)(H,26,30)(H,27,28). The lowest BCUT2D eigenvalue weighted by Gasteiger charge is -2.19. The minimum absolute atomic E-state index is 0.137. The fraction of sp³-hybridized carbons (Fsp3) is 0.348. The molecule has 0 aliphatic carbocycles. The molecule has 1 atom stereocenters. The van der Waals surface area contributed by atoms with Gasteiger partial charge in [0.1, 0.15) is 11.4 Å². The highest BCUT2D eigenvalue weighted by molar-refractivity contribution is 6.04. The number of Topliss-reactive ketones (excluding diaryl/α,β-unsaturated/α-hetero) is 1. The van der Waals surface area contributed by atoms with Crippen LogP contribution in [-0.2, 0) is 16.1 Å². The van der Waals surface area contributed by atoms with Crippen LogP contribution in [0.3, 0.4) is 0 Å². The molecule has 1 unspecified atom stereocenters. The van der Waals surface area contributed by atoms with Crippen molar-refractivity contribution in [3.63, 3.8) is 0 Å². The minimum atomic E-state index is -1.10. The van der Waals surface area contributed by atoms with Gasteiger partial charge in [0.05, 0.1) is 23.8 Å². The molecule has 2 amide bonds. The lowest BCUT2D eigenvalue weighted by molar-refractivity contribution is -0.139. The number of hydrogen-bond acceptors (Lipinski definition) is 7. The number of nitrogens with zero attached hydrogens (tertiary/aromatic N) is 1. The summed E-state index contributed by atoms with van der Waals surface area (Å²) in [4.78, 5) is 51.4. The molecule has 3 N–H and O–H groups in total. The molecule has 1 aromatic carbocycles. The lowest BCUT2D eigenvalue weighted by Crippen LogP contribution is -2.38. The van der Waals surface area contributed by atoms with Crippen LogP contribution < -0.4 is 15.4 Å². The Balaban J connectivity index is 1.88. The van der Waals surface area contributed by atoms with E-state index in [1.54, 1.807) is 39.8 Å². The van der Waals surface area contributed by atoms with Crippen molar-refractivity contribution in [2.75, 3.05) is 6.61 Å². The van der Waals surface area contributed by atoms with Gasteiger partial charge in [0, 0.05) is 11.8 Å². The molecule has 1 heterocycles. The van der Waals surface area contributed by atoms with E-state index in [0.717, 1.165) is 0 Å². The van der Waals surface area contributed by atoms with E-state index in [9.17, 15) is 19.2 Å². The van der Waals surface area contributed by atoms with Crippen molar-refractivity contribution in [2.24, 2.45) is 0 Å². The van der Waals surface area contributed by atoms with Gasteiger partial charge in [-0.25, -0.2) is 9.59 Å². The first-order valence-electron chi connectivity index (χ1n) is 10.2. The summed E-state index contributed by atoms with van der Waals surface area (Å²) in [5, 5.41) is 13.8. The monoisotopic (exact) mass is 457 g/mol. The van der Waals surface area contributed by atoms with Gasteiger partial charge in [-0.3, -0.25) is 14.6 Å². The van der Waals surface area contributed by atoms with Crippen LogP contribution in [0.2, 0.25) is 0 Å². The van der Waals surface area contributed by atoms with E-state index in [1.807, 2.05) is 0 Å². The summed E-state index contributed by atoms with van der Waals surface area (Å²) in [5.41, 5.74) is 0.524. The zero-order valence-corrected chi connectivity index (χ0v) is 18.9. The van der Waals surface area contributed by atoms with Crippen LogP contribution >= 0.6 is 0 Å². The number of carboxylic acid groups (broad SMARTS) is 1. The second kappa shape index (κ2) is 11.1. The maximum Gasteiger partial charge on any atom is 0.407 e. The SMILES string of the molecule is CC(NC(=O)c1ccc(CNC(=O)OC(C)(C)C)nc1)C(=O)c1ccc(OCC(=O)O)cc1. The molecule has 10 heteroatoms. The molecule has 0 fully saturated rings. The van der Waals surface area contributed by atoms with Crippen LogP contribution in [0.5, 0.6) is 5.75 Å². The van der Waals surface area contributed by atoms with Gasteiger partial charge in [0.2, 0.25) is 0 Å². The highest BCUT2D eigenvalue weighted by Gasteiger charge is 2.19. The van der Waals surface area contributed by atoms with E-state index in [1.165, 1.54) is 30.5 Å². The number of carbonyl (C=O) groups excluding carboxylic acids is 3. The first-order chi connectivity index (χ1) is 15.4. The summed E-state index contributed by atoms with van der Waals surface area (Å²) in [7, 11) is 0. The van der Waals surface area contributed by atoms with E-state index in [2.05, 4.69) is 15.6 Å². The maximum atomic E-state index is 12.6. The van der Waals surface area contributed by atoms with Crippen LogP contribution in [0.4, 0.5) is 4.79 Å². The number of alkyl carbamates (subject to hydrolysis) is 1. The van der Waals surface area contributed by atoms with E-state index >= 15 is 0 Å². The summed E-state index contributed by atoms with van der Waals surface area (Å²) >= 11 is 0. The molecule has 176 valence electrons. The number of benzene rings is 1. The van der Waals surface area contributed by atoms with Crippen LogP contribution in [0, 0.1) is 0 Å². The summed E-state index contributed by atoms with van der Waals surface area (Å²) in [6, 6.07) is 8.29. The number of ether oxygens (including phenoxy) is 2. The highest BCUT2D eigenvalue weighted by atomic mass is 16.6. The molecule has 0 spiro atoms. The van der Waals surface area contributed by atoms with Crippen molar-refractivity contribution in [3.05, 3.63) is 59.4 Å². The van der Waals surface area contributed by atoms with Crippen molar-refractivity contribution >= 4 is 23.8 Å². The van der Waals surface area contributed by atoms with Crippen molar-refractivity contribution in [2.45, 2.75) is 45.9 Å². The molecule has 2 rings (SSSR count). The smallest absolute Gasteiger partial charge is 0.407 e. The van der Waals surface area contributed by atoms with E-state index in [-0.39, 0.29) is 17.9 Å². The molecule has 0 radical (unpaired) electrons. The molecule has 0 saturated carbocycles. The molecule has 0 saturated heterocycles. The number of ketones is 1. The molecule has 0 aliphatic heterocycles. The molecule has 33 heavy (non-hydrogen) atoms. The number of aliphatic carboxylic acids is 1. The molecule has 10 nitrogen and oxygen atoms in total. The van der Waals surface area contributed by atoms with Gasteiger partial charge < -0.3 is 25.2 Å². The van der Waals surface area contributed by atoms with Gasteiger partial charge in [-0.1, -0.05) is 0 Å². The molecule has 2 aromatic rings. The Morgan fingerprint density at radius 3 is 2.21 bits per heavy atom. The number of aromatic nitrogens is 1. The Morgan fingerprint density at radius 1 is 1.03 bits per heavy atom. The van der Waals surface area contributed by atoms with Crippen LogP contribution in [0.1, 0.15) is 54.1 Å². The van der Waals surface area contributed by atoms with Crippen LogP contribution in [0.25, 0.3) is 0 Å². The number of rotatable bonds is 9. The molecule has 0 aliphatic rings. The number of carboxylic acids is 1. The summed E-state index contributed by atoms with van der Waals surface area (Å²) in [6.07, 6.45) is 0.785. The van der Waals surface area contributed by atoms with Gasteiger partial charge in [-0.15, -0.1) is 0 Å². The summed E-state index contributed by atoms with van der Waals surface area (Å²) in [5.74, 6) is -1.58. The third-order valence-electron chi connectivity index (χ3n) is 4.14. The van der Waals surface area contributed by atoms with Crippen molar-refractivity contribution in [1.82, 2.24) is 15.6 Å². The Labute approximate surface area is 191 Å². The topological polar surface area (TPSA) is 144 Å². The van der Waals surface area contributed by atoms with E-state index < -0.39 is 36.2 Å². The zero-order chi connectivity index (χ0) is 24.6. The summed E-state index contributed by atoms with van der Waals surface area (Å²) < 4.78 is 10.2. The van der Waals surface area contributed by atoms with Crippen molar-refractivity contribution in [1.29, 1.82) is 0 Å². The number of carbonyl (C=O) groups is 4. The lowest BCUT2D eigenvalue weighted by atomic mass is 10.0. The predicted molar refractivity (Wildman–Crippen MR) is 118 cm³/mol. The molecule has 1 aromatic heterocycles. The number of nitrogens with one attached hydrogen (secondary N) is 2. The molecular weight excluding hydrogens is 430 g/mol. The van der Waals surface area contributed by atoms with Crippen molar-refractivity contribution in [3.8, 4) is 5.75 Å². The summed E-state index contributed by atoms with van der Waals surface area (Å²) in [6.45, 7) is 6.49. The number of hydrogen-bond donors (Lipinski definition) is 3. The van der Waals surface area contributed by atoms with Crippen molar-refractivity contribution < 1.29 is 33.8 Å². The average molecular weight is 457 g/mol. The third kappa shape index (κ3) is 8.60. The second-order valence-corrected chi connectivity index (χ2v) is 8.16. The zero-order valence-electron chi connectivity index (χ0n) is 18.9. The Bertz CT molecular complexity index is 996. The Kier molecular flexibility index (Phi) is 8.49. The highest BCUT2D eigenvalue weighted by Crippen LogP contribution is 2.14. The fourth-order valence-corrected chi connectivity index (χ4v) is 2.60. The van der Waals surface area contributed by atoms with E-state index in [0.29, 0.717) is 17.0 Å². The van der Waals surface area contributed by atoms with Gasteiger partial charge in [-0.2, -0.15) is 0 Å². The van der Waals surface area contributed by atoms with Gasteiger partial charge in [0.15, 0.2) is 12.4 Å². The minimum Gasteiger partial charge on any atom is -0.482 e. The second-order valence-electron chi connectivity index (χ2n) is 8.16. The first kappa shape index (κ1) is 25.3. The van der Waals surface area contributed by atoms with Gasteiger partial charge >= 0.3 is 12.1 Å². The number of amides is 2.